The van der Waals surface area contributed by atoms with Crippen LogP contribution in [0.25, 0.3) is 0 Å². The zero-order valence-corrected chi connectivity index (χ0v) is 10.7. The van der Waals surface area contributed by atoms with E-state index in [1.807, 2.05) is 17.0 Å². The molecule has 0 spiro atoms. The Morgan fingerprint density at radius 1 is 1.65 bits per heavy atom. The van der Waals surface area contributed by atoms with Crippen molar-refractivity contribution < 1.29 is 4.79 Å². The van der Waals surface area contributed by atoms with E-state index in [1.54, 1.807) is 12.4 Å². The number of hydrogen-bond acceptors (Lipinski definition) is 3. The van der Waals surface area contributed by atoms with E-state index < -0.39 is 0 Å². The molecular weight excluding hydrogens is 238 g/mol. The summed E-state index contributed by atoms with van der Waals surface area (Å²) >= 11 is 0. The van der Waals surface area contributed by atoms with Gasteiger partial charge in [0.05, 0.1) is 6.42 Å². The smallest absolute Gasteiger partial charge is 0.227 e. The van der Waals surface area contributed by atoms with Crippen molar-refractivity contribution in [2.75, 3.05) is 19.6 Å². The number of nitrogens with one attached hydrogen (secondary N) is 1. The molecular formula is C12H18ClN3O. The summed E-state index contributed by atoms with van der Waals surface area (Å²) in [5.74, 6) is 0.196. The lowest BCUT2D eigenvalue weighted by Gasteiger charge is -2.32. The lowest BCUT2D eigenvalue weighted by atomic mass is 10.1. The molecule has 0 radical (unpaired) electrons. The Kier molecular flexibility index (Phi) is 5.38. The summed E-state index contributed by atoms with van der Waals surface area (Å²) in [7, 11) is 0. The summed E-state index contributed by atoms with van der Waals surface area (Å²) in [5, 5.41) is 3.32. The fourth-order valence-electron chi connectivity index (χ4n) is 1.95. The van der Waals surface area contributed by atoms with Crippen LogP contribution in [-0.2, 0) is 11.2 Å². The first-order valence-electron chi connectivity index (χ1n) is 5.66. The molecule has 0 aromatic carbocycles. The second-order valence-electron chi connectivity index (χ2n) is 4.23. The van der Waals surface area contributed by atoms with E-state index >= 15 is 0 Å². The molecule has 1 aliphatic heterocycles. The molecule has 1 N–H and O–H groups in total. The van der Waals surface area contributed by atoms with Crippen molar-refractivity contribution in [1.29, 1.82) is 0 Å². The molecule has 2 rings (SSSR count). The summed E-state index contributed by atoms with van der Waals surface area (Å²) in [6.45, 7) is 4.60. The maximum atomic E-state index is 12.0. The van der Waals surface area contributed by atoms with Crippen LogP contribution in [0.1, 0.15) is 12.5 Å². The molecule has 2 heterocycles. The van der Waals surface area contributed by atoms with E-state index in [9.17, 15) is 4.79 Å². The first kappa shape index (κ1) is 13.9. The standard InChI is InChI=1S/C12H17N3O.ClH/c1-10-9-15(6-5-14-10)12(16)7-11-3-2-4-13-8-11;/h2-4,8,10,14H,5-7,9H2,1H3;1H. The fraction of sp³-hybridized carbons (Fsp3) is 0.500. The second kappa shape index (κ2) is 6.57. The molecule has 4 nitrogen and oxygen atoms in total. The van der Waals surface area contributed by atoms with Crippen LogP contribution in [0.2, 0.25) is 0 Å². The van der Waals surface area contributed by atoms with Gasteiger partial charge in [0.25, 0.3) is 0 Å². The Morgan fingerprint density at radius 2 is 2.47 bits per heavy atom. The number of aromatic nitrogens is 1. The number of halogens is 1. The van der Waals surface area contributed by atoms with Crippen LogP contribution in [0.4, 0.5) is 0 Å². The van der Waals surface area contributed by atoms with Gasteiger partial charge in [0.2, 0.25) is 5.91 Å². The van der Waals surface area contributed by atoms with Gasteiger partial charge in [-0.25, -0.2) is 0 Å². The summed E-state index contributed by atoms with van der Waals surface area (Å²) in [6, 6.07) is 4.20. The number of pyridine rings is 1. The molecule has 1 aromatic rings. The van der Waals surface area contributed by atoms with Crippen molar-refractivity contribution in [1.82, 2.24) is 15.2 Å². The van der Waals surface area contributed by atoms with Crippen LogP contribution in [-0.4, -0.2) is 41.5 Å². The van der Waals surface area contributed by atoms with E-state index in [0.29, 0.717) is 12.5 Å². The predicted molar refractivity (Wildman–Crippen MR) is 69.2 cm³/mol. The minimum absolute atomic E-state index is 0. The summed E-state index contributed by atoms with van der Waals surface area (Å²) in [4.78, 5) is 17.9. The average Bonchev–Trinajstić information content (AvgIpc) is 2.30. The number of rotatable bonds is 2. The quantitative estimate of drug-likeness (QED) is 0.853. The van der Waals surface area contributed by atoms with Crippen LogP contribution in [0.3, 0.4) is 0 Å². The molecule has 94 valence electrons. The van der Waals surface area contributed by atoms with Gasteiger partial charge in [0, 0.05) is 38.1 Å². The first-order valence-corrected chi connectivity index (χ1v) is 5.66. The van der Waals surface area contributed by atoms with Crippen molar-refractivity contribution >= 4 is 18.3 Å². The van der Waals surface area contributed by atoms with E-state index in [1.165, 1.54) is 0 Å². The Hall–Kier alpha value is -1.13. The molecule has 1 amide bonds. The molecule has 5 heteroatoms. The van der Waals surface area contributed by atoms with E-state index in [0.717, 1.165) is 25.2 Å². The second-order valence-corrected chi connectivity index (χ2v) is 4.23. The highest BCUT2D eigenvalue weighted by Crippen LogP contribution is 2.04. The predicted octanol–water partition coefficient (Wildman–Crippen LogP) is 0.866. The minimum atomic E-state index is 0. The zero-order valence-electron chi connectivity index (χ0n) is 9.93. The van der Waals surface area contributed by atoms with E-state index in [4.69, 9.17) is 0 Å². The number of carbonyl (C=O) groups excluding carboxylic acids is 1. The van der Waals surface area contributed by atoms with Gasteiger partial charge in [-0.15, -0.1) is 12.4 Å². The van der Waals surface area contributed by atoms with E-state index in [-0.39, 0.29) is 18.3 Å². The van der Waals surface area contributed by atoms with Crippen molar-refractivity contribution in [3.8, 4) is 0 Å². The Balaban J connectivity index is 0.00000144. The number of piperazine rings is 1. The van der Waals surface area contributed by atoms with Crippen LogP contribution >= 0.6 is 12.4 Å². The molecule has 1 unspecified atom stereocenters. The molecule has 1 atom stereocenters. The fourth-order valence-corrected chi connectivity index (χ4v) is 1.95. The highest BCUT2D eigenvalue weighted by atomic mass is 35.5. The van der Waals surface area contributed by atoms with Gasteiger partial charge in [-0.1, -0.05) is 6.07 Å². The Labute approximate surface area is 108 Å². The van der Waals surface area contributed by atoms with Gasteiger partial charge in [-0.05, 0) is 18.6 Å². The highest BCUT2D eigenvalue weighted by molar-refractivity contribution is 5.85. The molecule has 0 saturated carbocycles. The molecule has 0 aliphatic carbocycles. The molecule has 17 heavy (non-hydrogen) atoms. The van der Waals surface area contributed by atoms with Gasteiger partial charge in [-0.3, -0.25) is 9.78 Å². The lowest BCUT2D eigenvalue weighted by Crippen LogP contribution is -2.51. The SMILES string of the molecule is CC1CN(C(=O)Cc2cccnc2)CCN1.Cl. The normalized spacial score (nSPS) is 19.6. The summed E-state index contributed by atoms with van der Waals surface area (Å²) < 4.78 is 0. The van der Waals surface area contributed by atoms with Crippen LogP contribution in [0.15, 0.2) is 24.5 Å². The number of nitrogens with zero attached hydrogens (tertiary/aromatic N) is 2. The first-order chi connectivity index (χ1) is 7.75. The monoisotopic (exact) mass is 255 g/mol. The average molecular weight is 256 g/mol. The third kappa shape index (κ3) is 3.98. The van der Waals surface area contributed by atoms with Gasteiger partial charge in [0.1, 0.15) is 0 Å². The van der Waals surface area contributed by atoms with Crippen LogP contribution in [0.5, 0.6) is 0 Å². The third-order valence-corrected chi connectivity index (χ3v) is 2.80. The zero-order chi connectivity index (χ0) is 11.4. The molecule has 1 aromatic heterocycles. The largest absolute Gasteiger partial charge is 0.340 e. The van der Waals surface area contributed by atoms with E-state index in [2.05, 4.69) is 17.2 Å². The van der Waals surface area contributed by atoms with Crippen molar-refractivity contribution in [2.24, 2.45) is 0 Å². The number of amides is 1. The molecule has 0 bridgehead atoms. The number of hydrogen-bond donors (Lipinski definition) is 1. The lowest BCUT2D eigenvalue weighted by molar-refractivity contribution is -0.131. The van der Waals surface area contributed by atoms with Gasteiger partial charge >= 0.3 is 0 Å². The maximum absolute atomic E-state index is 12.0. The minimum Gasteiger partial charge on any atom is -0.340 e. The molecule has 1 fully saturated rings. The summed E-state index contributed by atoms with van der Waals surface area (Å²) in [5.41, 5.74) is 0.985. The van der Waals surface area contributed by atoms with Gasteiger partial charge < -0.3 is 10.2 Å². The Morgan fingerprint density at radius 3 is 3.12 bits per heavy atom. The Bertz CT molecular complexity index is 358. The third-order valence-electron chi connectivity index (χ3n) is 2.80. The van der Waals surface area contributed by atoms with Crippen LogP contribution in [0, 0.1) is 0 Å². The van der Waals surface area contributed by atoms with Crippen molar-refractivity contribution in [3.05, 3.63) is 30.1 Å². The maximum Gasteiger partial charge on any atom is 0.227 e. The molecule has 1 aliphatic rings. The molecule has 1 saturated heterocycles. The topological polar surface area (TPSA) is 45.2 Å². The number of carbonyl (C=O) groups is 1. The van der Waals surface area contributed by atoms with Gasteiger partial charge in [-0.2, -0.15) is 0 Å². The van der Waals surface area contributed by atoms with Crippen LogP contribution < -0.4 is 5.32 Å². The van der Waals surface area contributed by atoms with Gasteiger partial charge in [0.15, 0.2) is 0 Å². The highest BCUT2D eigenvalue weighted by Gasteiger charge is 2.20. The van der Waals surface area contributed by atoms with Crippen molar-refractivity contribution in [2.45, 2.75) is 19.4 Å². The summed E-state index contributed by atoms with van der Waals surface area (Å²) in [6.07, 6.45) is 3.94. The van der Waals surface area contributed by atoms with Crippen molar-refractivity contribution in [3.63, 3.8) is 0 Å².